The first-order valence-electron chi connectivity index (χ1n) is 8.23. The van der Waals surface area contributed by atoms with Gasteiger partial charge in [0.2, 0.25) is 0 Å². The van der Waals surface area contributed by atoms with Gasteiger partial charge in [0.1, 0.15) is 11.5 Å². The van der Waals surface area contributed by atoms with Gasteiger partial charge in [-0.05, 0) is 35.9 Å². The summed E-state index contributed by atoms with van der Waals surface area (Å²) in [6, 6.07) is 26.6. The Balaban J connectivity index is 1.82. The lowest BCUT2D eigenvalue weighted by Gasteiger charge is -2.18. The Bertz CT molecular complexity index is 993. The van der Waals surface area contributed by atoms with Gasteiger partial charge in [-0.3, -0.25) is 9.69 Å². The van der Waals surface area contributed by atoms with Crippen LogP contribution in [0.15, 0.2) is 95.6 Å². The molecule has 4 rings (SSSR count). The molecule has 3 aromatic rings. The number of hydrogen-bond acceptors (Lipinski definition) is 2. The van der Waals surface area contributed by atoms with Crippen LogP contribution in [0.5, 0.6) is 0 Å². The van der Waals surface area contributed by atoms with E-state index >= 15 is 0 Å². The molecule has 0 spiro atoms. The second-order valence-electron chi connectivity index (χ2n) is 5.86. The Hall–Kier alpha value is -3.17. The fourth-order valence-electron chi connectivity index (χ4n) is 2.83. The molecule has 0 atom stereocenters. The molecule has 1 aliphatic rings. The van der Waals surface area contributed by atoms with Gasteiger partial charge in [0.25, 0.3) is 5.91 Å². The van der Waals surface area contributed by atoms with E-state index in [1.54, 1.807) is 23.1 Å². The summed E-state index contributed by atoms with van der Waals surface area (Å²) in [5, 5.41) is 0.624. The summed E-state index contributed by atoms with van der Waals surface area (Å²) < 4.78 is 0. The summed E-state index contributed by atoms with van der Waals surface area (Å²) in [5.74, 6) is 0.454. The molecule has 0 fully saturated rings. The molecule has 3 aromatic carbocycles. The van der Waals surface area contributed by atoms with Gasteiger partial charge in [-0.2, -0.15) is 0 Å². The molecule has 0 aliphatic carbocycles. The first-order chi connectivity index (χ1) is 12.7. The zero-order chi connectivity index (χ0) is 17.9. The van der Waals surface area contributed by atoms with E-state index in [0.717, 1.165) is 16.8 Å². The van der Waals surface area contributed by atoms with Crippen LogP contribution >= 0.6 is 11.6 Å². The highest BCUT2D eigenvalue weighted by Gasteiger charge is 2.32. The van der Waals surface area contributed by atoms with E-state index in [1.807, 2.05) is 72.8 Å². The molecular weight excluding hydrogens is 344 g/mol. The number of benzene rings is 3. The monoisotopic (exact) mass is 358 g/mol. The van der Waals surface area contributed by atoms with Gasteiger partial charge in [0, 0.05) is 10.6 Å². The van der Waals surface area contributed by atoms with Crippen LogP contribution in [0.2, 0.25) is 5.02 Å². The topological polar surface area (TPSA) is 32.7 Å². The molecule has 0 N–H and O–H groups in total. The highest BCUT2D eigenvalue weighted by atomic mass is 35.5. The predicted molar refractivity (Wildman–Crippen MR) is 106 cm³/mol. The maximum absolute atomic E-state index is 13.1. The minimum Gasteiger partial charge on any atom is -0.266 e. The maximum Gasteiger partial charge on any atom is 0.282 e. The van der Waals surface area contributed by atoms with E-state index < -0.39 is 0 Å². The van der Waals surface area contributed by atoms with Crippen molar-refractivity contribution < 1.29 is 4.79 Å². The molecular formula is C22H15ClN2O. The smallest absolute Gasteiger partial charge is 0.266 e. The number of aliphatic imine (C=N–C) groups is 1. The lowest BCUT2D eigenvalue weighted by atomic mass is 10.1. The van der Waals surface area contributed by atoms with Crippen molar-refractivity contribution >= 4 is 35.1 Å². The first-order valence-corrected chi connectivity index (χ1v) is 8.61. The van der Waals surface area contributed by atoms with E-state index in [9.17, 15) is 4.79 Å². The van der Waals surface area contributed by atoms with Crippen LogP contribution in [0.25, 0.3) is 6.08 Å². The number of rotatable bonds is 3. The van der Waals surface area contributed by atoms with E-state index in [0.29, 0.717) is 16.6 Å². The summed E-state index contributed by atoms with van der Waals surface area (Å²) in [7, 11) is 0. The van der Waals surface area contributed by atoms with Crippen molar-refractivity contribution in [1.82, 2.24) is 0 Å². The molecule has 1 aliphatic heterocycles. The number of hydrogen-bond donors (Lipinski definition) is 0. The Morgan fingerprint density at radius 3 is 2.08 bits per heavy atom. The van der Waals surface area contributed by atoms with Gasteiger partial charge in [0.05, 0.1) is 5.69 Å². The predicted octanol–water partition coefficient (Wildman–Crippen LogP) is 5.17. The van der Waals surface area contributed by atoms with Gasteiger partial charge in [-0.15, -0.1) is 0 Å². The molecule has 0 aromatic heterocycles. The third-order valence-corrected chi connectivity index (χ3v) is 4.33. The summed E-state index contributed by atoms with van der Waals surface area (Å²) in [6.45, 7) is 0. The number of amidine groups is 1. The molecule has 0 saturated carbocycles. The average molecular weight is 359 g/mol. The van der Waals surface area contributed by atoms with E-state index in [2.05, 4.69) is 4.99 Å². The third kappa shape index (κ3) is 3.17. The van der Waals surface area contributed by atoms with E-state index in [-0.39, 0.29) is 5.91 Å². The van der Waals surface area contributed by atoms with Crippen molar-refractivity contribution in [3.05, 3.63) is 107 Å². The Morgan fingerprint density at radius 1 is 0.808 bits per heavy atom. The van der Waals surface area contributed by atoms with Gasteiger partial charge < -0.3 is 0 Å². The fourth-order valence-corrected chi connectivity index (χ4v) is 2.96. The van der Waals surface area contributed by atoms with Crippen molar-refractivity contribution in [2.75, 3.05) is 4.90 Å². The molecule has 0 saturated heterocycles. The van der Waals surface area contributed by atoms with Gasteiger partial charge in [0.15, 0.2) is 0 Å². The van der Waals surface area contributed by atoms with Crippen molar-refractivity contribution in [2.24, 2.45) is 4.99 Å². The molecule has 0 bridgehead atoms. The molecule has 1 heterocycles. The van der Waals surface area contributed by atoms with E-state index in [1.165, 1.54) is 0 Å². The number of carbonyl (C=O) groups excluding carboxylic acids is 1. The third-order valence-electron chi connectivity index (χ3n) is 4.08. The normalized spacial score (nSPS) is 15.4. The van der Waals surface area contributed by atoms with Gasteiger partial charge in [-0.25, -0.2) is 4.99 Å². The molecule has 3 nitrogen and oxygen atoms in total. The van der Waals surface area contributed by atoms with Crippen molar-refractivity contribution in [1.29, 1.82) is 0 Å². The van der Waals surface area contributed by atoms with Gasteiger partial charge in [-0.1, -0.05) is 72.3 Å². The SMILES string of the molecule is O=C1/C(=C/c2ccccc2)N=C(c2ccccc2)N1c1ccc(Cl)cc1. The highest BCUT2D eigenvalue weighted by Crippen LogP contribution is 2.28. The molecule has 0 unspecified atom stereocenters. The number of nitrogens with zero attached hydrogens (tertiary/aromatic N) is 2. The van der Waals surface area contributed by atoms with Crippen molar-refractivity contribution in [3.8, 4) is 0 Å². The summed E-state index contributed by atoms with van der Waals surface area (Å²) in [6.07, 6.45) is 1.81. The molecule has 126 valence electrons. The zero-order valence-electron chi connectivity index (χ0n) is 13.8. The Kier molecular flexibility index (Phi) is 4.38. The standard InChI is InChI=1S/C22H15ClN2O/c23-18-11-13-19(14-12-18)25-21(17-9-5-2-6-10-17)24-20(22(25)26)15-16-7-3-1-4-8-16/h1-15H/b20-15-. The van der Waals surface area contributed by atoms with Crippen molar-refractivity contribution in [2.45, 2.75) is 0 Å². The first kappa shape index (κ1) is 16.3. The average Bonchev–Trinajstić information content (AvgIpc) is 3.00. The van der Waals surface area contributed by atoms with Crippen LogP contribution in [-0.4, -0.2) is 11.7 Å². The van der Waals surface area contributed by atoms with E-state index in [4.69, 9.17) is 11.6 Å². The number of amides is 1. The summed E-state index contributed by atoms with van der Waals surface area (Å²) in [4.78, 5) is 19.4. The lowest BCUT2D eigenvalue weighted by Crippen LogP contribution is -2.32. The van der Waals surface area contributed by atoms with Crippen LogP contribution in [0.1, 0.15) is 11.1 Å². The van der Waals surface area contributed by atoms with Crippen LogP contribution in [-0.2, 0) is 4.79 Å². The quantitative estimate of drug-likeness (QED) is 0.594. The van der Waals surface area contributed by atoms with Gasteiger partial charge >= 0.3 is 0 Å². The number of anilines is 1. The highest BCUT2D eigenvalue weighted by molar-refractivity contribution is 6.33. The summed E-state index contributed by atoms with van der Waals surface area (Å²) >= 11 is 6.00. The van der Waals surface area contributed by atoms with Crippen LogP contribution in [0.4, 0.5) is 5.69 Å². The Labute approximate surface area is 156 Å². The minimum absolute atomic E-state index is 0.157. The lowest BCUT2D eigenvalue weighted by molar-refractivity contribution is -0.113. The second-order valence-corrected chi connectivity index (χ2v) is 6.30. The second kappa shape index (κ2) is 6.98. The van der Waals surface area contributed by atoms with Crippen LogP contribution in [0.3, 0.4) is 0 Å². The van der Waals surface area contributed by atoms with Crippen LogP contribution in [0, 0.1) is 0 Å². The zero-order valence-corrected chi connectivity index (χ0v) is 14.6. The molecule has 1 amide bonds. The maximum atomic E-state index is 13.1. The molecule has 4 heteroatoms. The fraction of sp³-hybridized carbons (Fsp3) is 0. The molecule has 26 heavy (non-hydrogen) atoms. The summed E-state index contributed by atoms with van der Waals surface area (Å²) in [5.41, 5.74) is 2.96. The largest absolute Gasteiger partial charge is 0.282 e. The number of halogens is 1. The minimum atomic E-state index is -0.157. The number of carbonyl (C=O) groups is 1. The Morgan fingerprint density at radius 2 is 1.42 bits per heavy atom. The molecule has 0 radical (unpaired) electrons. The van der Waals surface area contributed by atoms with Crippen LogP contribution < -0.4 is 4.90 Å². The van der Waals surface area contributed by atoms with Crippen molar-refractivity contribution in [3.63, 3.8) is 0 Å².